The monoisotopic (exact) mass is 373 g/mol. The predicted octanol–water partition coefficient (Wildman–Crippen LogP) is 6.98. The van der Waals surface area contributed by atoms with Crippen LogP contribution in [0.15, 0.2) is 18.2 Å². The van der Waals surface area contributed by atoms with Gasteiger partial charge in [0.25, 0.3) is 0 Å². The number of ether oxygens (including phenoxy) is 1. The highest BCUT2D eigenvalue weighted by atomic mass is 16.6. The fourth-order valence-electron chi connectivity index (χ4n) is 2.98. The fraction of sp³-hybridized carbons (Fsp3) is 0.625. The second-order valence-corrected chi connectivity index (χ2v) is 9.20. The van der Waals surface area contributed by atoms with Gasteiger partial charge >= 0.3 is 6.09 Å². The van der Waals surface area contributed by atoms with E-state index in [0.717, 1.165) is 6.42 Å². The zero-order chi connectivity index (χ0) is 20.8. The van der Waals surface area contributed by atoms with Gasteiger partial charge in [-0.2, -0.15) is 0 Å². The van der Waals surface area contributed by atoms with Gasteiger partial charge < -0.3 is 10.1 Å². The van der Waals surface area contributed by atoms with Gasteiger partial charge in [0.2, 0.25) is 0 Å². The van der Waals surface area contributed by atoms with Crippen LogP contribution < -0.4 is 5.32 Å². The molecular weight excluding hydrogens is 334 g/mol. The van der Waals surface area contributed by atoms with Crippen LogP contribution in [-0.2, 0) is 4.74 Å². The molecule has 0 spiro atoms. The molecule has 1 rings (SSSR count). The van der Waals surface area contributed by atoms with Gasteiger partial charge in [0.1, 0.15) is 5.60 Å². The number of amides is 1. The summed E-state index contributed by atoms with van der Waals surface area (Å²) in [7, 11) is 0. The van der Waals surface area contributed by atoms with Gasteiger partial charge in [-0.3, -0.25) is 0 Å². The molecule has 3 nitrogen and oxygen atoms in total. The zero-order valence-corrected chi connectivity index (χ0v) is 18.8. The molecular formula is C24H39NO2. The third-order valence-electron chi connectivity index (χ3n) is 4.44. The first kappa shape index (κ1) is 23.3. The van der Waals surface area contributed by atoms with Gasteiger partial charge in [0, 0.05) is 6.54 Å². The summed E-state index contributed by atoms with van der Waals surface area (Å²) in [6.45, 7) is 19.7. The number of alkyl carbamates (subject to hydrolysis) is 1. The fourth-order valence-corrected chi connectivity index (χ4v) is 2.98. The van der Waals surface area contributed by atoms with Crippen LogP contribution in [0.2, 0.25) is 0 Å². The number of rotatable bonds is 7. The summed E-state index contributed by atoms with van der Waals surface area (Å²) in [6, 6.07) is 4.72. The van der Waals surface area contributed by atoms with Crippen molar-refractivity contribution in [1.82, 2.24) is 5.32 Å². The number of hydrogen-bond acceptors (Lipinski definition) is 2. The Balaban J connectivity index is 2.92. The molecule has 27 heavy (non-hydrogen) atoms. The maximum Gasteiger partial charge on any atom is 0.407 e. The smallest absolute Gasteiger partial charge is 0.407 e. The molecule has 0 saturated carbocycles. The van der Waals surface area contributed by atoms with Crippen LogP contribution in [0, 0.1) is 0 Å². The van der Waals surface area contributed by atoms with Gasteiger partial charge in [-0.25, -0.2) is 4.79 Å². The van der Waals surface area contributed by atoms with Crippen molar-refractivity contribution < 1.29 is 9.53 Å². The molecule has 152 valence electrons. The van der Waals surface area contributed by atoms with Gasteiger partial charge in [-0.05, 0) is 67.2 Å². The Morgan fingerprint density at radius 1 is 1.00 bits per heavy atom. The van der Waals surface area contributed by atoms with Gasteiger partial charge in [-0.1, -0.05) is 65.8 Å². The second-order valence-electron chi connectivity index (χ2n) is 9.20. The first-order valence-electron chi connectivity index (χ1n) is 10.2. The molecule has 0 saturated heterocycles. The maximum absolute atomic E-state index is 11.7. The highest BCUT2D eigenvalue weighted by molar-refractivity contribution is 5.67. The molecule has 1 aromatic rings. The van der Waals surface area contributed by atoms with E-state index in [9.17, 15) is 4.79 Å². The molecule has 1 amide bonds. The Bertz CT molecular complexity index is 620. The van der Waals surface area contributed by atoms with E-state index in [1.54, 1.807) is 0 Å². The minimum absolute atomic E-state index is 0.358. The lowest BCUT2D eigenvalue weighted by atomic mass is 9.84. The third kappa shape index (κ3) is 7.78. The normalized spacial score (nSPS) is 12.4. The van der Waals surface area contributed by atoms with Crippen molar-refractivity contribution in [3.63, 3.8) is 0 Å². The second kappa shape index (κ2) is 9.96. The van der Waals surface area contributed by atoms with E-state index in [4.69, 9.17) is 4.74 Å². The number of nitrogens with one attached hydrogen (secondary N) is 1. The number of benzene rings is 1. The van der Waals surface area contributed by atoms with E-state index in [2.05, 4.69) is 71.1 Å². The summed E-state index contributed by atoms with van der Waals surface area (Å²) in [4.78, 5) is 11.7. The summed E-state index contributed by atoms with van der Waals surface area (Å²) >= 11 is 0. The molecule has 0 aromatic heterocycles. The van der Waals surface area contributed by atoms with Crippen molar-refractivity contribution in [2.45, 2.75) is 92.1 Å². The molecule has 0 radical (unpaired) electrons. The van der Waals surface area contributed by atoms with Crippen molar-refractivity contribution >= 4 is 12.2 Å². The molecule has 0 unspecified atom stereocenters. The SMILES string of the molecule is CC(C)c1cc(C(C)C)c(C=CCCNC(=O)OC(C)(C)C)c(C(C)C)c1. The molecule has 0 bridgehead atoms. The van der Waals surface area contributed by atoms with E-state index in [0.29, 0.717) is 24.3 Å². The first-order valence-corrected chi connectivity index (χ1v) is 10.2. The molecule has 0 fully saturated rings. The predicted molar refractivity (Wildman–Crippen MR) is 117 cm³/mol. The van der Waals surface area contributed by atoms with Crippen molar-refractivity contribution in [1.29, 1.82) is 0 Å². The Labute approximate surface area is 166 Å². The minimum atomic E-state index is -0.462. The number of carbonyl (C=O) groups is 1. The Morgan fingerprint density at radius 3 is 1.93 bits per heavy atom. The van der Waals surface area contributed by atoms with Crippen LogP contribution in [0.5, 0.6) is 0 Å². The first-order chi connectivity index (χ1) is 12.4. The van der Waals surface area contributed by atoms with Gasteiger partial charge in [-0.15, -0.1) is 0 Å². The van der Waals surface area contributed by atoms with Crippen molar-refractivity contribution in [2.24, 2.45) is 0 Å². The molecule has 0 aliphatic carbocycles. The van der Waals surface area contributed by atoms with Gasteiger partial charge in [0.05, 0.1) is 0 Å². The molecule has 0 heterocycles. The largest absolute Gasteiger partial charge is 0.444 e. The van der Waals surface area contributed by atoms with E-state index in [1.807, 2.05) is 20.8 Å². The Morgan fingerprint density at radius 2 is 1.52 bits per heavy atom. The summed E-state index contributed by atoms with van der Waals surface area (Å²) in [6.07, 6.45) is 4.80. The molecule has 3 heteroatoms. The molecule has 1 N–H and O–H groups in total. The lowest BCUT2D eigenvalue weighted by Crippen LogP contribution is -2.32. The number of carbonyl (C=O) groups excluding carboxylic acids is 1. The zero-order valence-electron chi connectivity index (χ0n) is 18.8. The maximum atomic E-state index is 11.7. The van der Waals surface area contributed by atoms with Crippen molar-refractivity contribution in [2.75, 3.05) is 6.54 Å². The van der Waals surface area contributed by atoms with E-state index >= 15 is 0 Å². The van der Waals surface area contributed by atoms with Crippen LogP contribution >= 0.6 is 0 Å². The molecule has 1 aromatic carbocycles. The lowest BCUT2D eigenvalue weighted by molar-refractivity contribution is 0.0529. The Kier molecular flexibility index (Phi) is 8.59. The molecule has 0 aliphatic heterocycles. The molecule has 0 aliphatic rings. The summed E-state index contributed by atoms with van der Waals surface area (Å²) in [5.74, 6) is 1.47. The lowest BCUT2D eigenvalue weighted by Gasteiger charge is -2.21. The number of hydrogen-bond donors (Lipinski definition) is 1. The topological polar surface area (TPSA) is 38.3 Å². The molecule has 0 atom stereocenters. The van der Waals surface area contributed by atoms with Crippen molar-refractivity contribution in [3.05, 3.63) is 40.5 Å². The standard InChI is InChI=1S/C24H39NO2/c1-16(2)19-14-21(17(3)4)20(22(15-19)18(5)6)12-10-11-13-25-23(26)27-24(7,8)9/h10,12,14-18H,11,13H2,1-9H3,(H,25,26). The quantitative estimate of drug-likeness (QED) is 0.523. The van der Waals surface area contributed by atoms with E-state index in [-0.39, 0.29) is 6.09 Å². The van der Waals surface area contributed by atoms with Crippen molar-refractivity contribution in [3.8, 4) is 0 Å². The average Bonchev–Trinajstić information content (AvgIpc) is 2.51. The highest BCUT2D eigenvalue weighted by Crippen LogP contribution is 2.33. The summed E-state index contributed by atoms with van der Waals surface area (Å²) < 4.78 is 5.27. The van der Waals surface area contributed by atoms with Crippen LogP contribution in [0.25, 0.3) is 6.08 Å². The van der Waals surface area contributed by atoms with Gasteiger partial charge in [0.15, 0.2) is 0 Å². The highest BCUT2D eigenvalue weighted by Gasteiger charge is 2.16. The van der Waals surface area contributed by atoms with Crippen LogP contribution in [0.4, 0.5) is 4.79 Å². The summed E-state index contributed by atoms with van der Waals surface area (Å²) in [5.41, 5.74) is 5.09. The Hall–Kier alpha value is -1.77. The van der Waals surface area contributed by atoms with Crippen LogP contribution in [-0.4, -0.2) is 18.2 Å². The van der Waals surface area contributed by atoms with Crippen LogP contribution in [0.1, 0.15) is 109 Å². The summed E-state index contributed by atoms with van der Waals surface area (Å²) in [5, 5.41) is 2.81. The minimum Gasteiger partial charge on any atom is -0.444 e. The van der Waals surface area contributed by atoms with E-state index < -0.39 is 5.60 Å². The van der Waals surface area contributed by atoms with Crippen LogP contribution in [0.3, 0.4) is 0 Å². The third-order valence-corrected chi connectivity index (χ3v) is 4.44. The average molecular weight is 374 g/mol. The van der Waals surface area contributed by atoms with E-state index in [1.165, 1.54) is 22.3 Å².